The van der Waals surface area contributed by atoms with Crippen molar-refractivity contribution < 1.29 is 18.1 Å². The molecule has 0 heterocycles. The lowest BCUT2D eigenvalue weighted by atomic mass is 10.2. The lowest BCUT2D eigenvalue weighted by Gasteiger charge is -2.21. The van der Waals surface area contributed by atoms with E-state index in [9.17, 15) is 13.2 Å². The average Bonchev–Trinajstić information content (AvgIpc) is 2.61. The first-order valence-corrected chi connectivity index (χ1v) is 10.8. The SMILES string of the molecule is CC(C)N(C)S(=O)(=O)c1ccc(NC(=O)C[NH+](C)Cc2cccc(Cl)c2)cc1. The average molecular weight is 425 g/mol. The number of carbonyl (C=O) groups excluding carboxylic acids is 1. The van der Waals surface area contributed by atoms with Gasteiger partial charge in [0.1, 0.15) is 6.54 Å². The zero-order chi connectivity index (χ0) is 20.9. The highest BCUT2D eigenvalue weighted by Crippen LogP contribution is 2.19. The number of amides is 1. The topological polar surface area (TPSA) is 70.9 Å². The van der Waals surface area contributed by atoms with Gasteiger partial charge in [-0.15, -0.1) is 0 Å². The van der Waals surface area contributed by atoms with Crippen LogP contribution in [0, 0.1) is 0 Å². The summed E-state index contributed by atoms with van der Waals surface area (Å²) in [4.78, 5) is 13.5. The van der Waals surface area contributed by atoms with Crippen LogP contribution in [-0.4, -0.2) is 45.3 Å². The largest absolute Gasteiger partial charge is 0.326 e. The molecular weight excluding hydrogens is 398 g/mol. The van der Waals surface area contributed by atoms with E-state index in [0.29, 0.717) is 17.3 Å². The molecule has 0 aliphatic rings. The Balaban J connectivity index is 1.95. The second-order valence-electron chi connectivity index (χ2n) is 7.13. The third-order valence-corrected chi connectivity index (χ3v) is 6.68. The Morgan fingerprint density at radius 3 is 2.39 bits per heavy atom. The molecule has 0 aromatic heterocycles. The van der Waals surface area contributed by atoms with Crippen molar-refractivity contribution in [1.82, 2.24) is 4.31 Å². The summed E-state index contributed by atoms with van der Waals surface area (Å²) in [5.74, 6) is -0.144. The maximum absolute atomic E-state index is 12.5. The molecule has 0 spiro atoms. The molecule has 2 aromatic rings. The van der Waals surface area contributed by atoms with E-state index in [-0.39, 0.29) is 23.4 Å². The molecule has 28 heavy (non-hydrogen) atoms. The Labute approximate surface area is 172 Å². The van der Waals surface area contributed by atoms with Gasteiger partial charge in [-0.1, -0.05) is 23.7 Å². The first kappa shape index (κ1) is 22.4. The fraction of sp³-hybridized carbons (Fsp3) is 0.350. The fourth-order valence-electron chi connectivity index (χ4n) is 2.69. The number of hydrogen-bond donors (Lipinski definition) is 2. The van der Waals surface area contributed by atoms with Crippen LogP contribution in [0.5, 0.6) is 0 Å². The lowest BCUT2D eigenvalue weighted by Crippen LogP contribution is -3.08. The predicted octanol–water partition coefficient (Wildman–Crippen LogP) is 2.02. The molecule has 0 saturated carbocycles. The molecule has 152 valence electrons. The van der Waals surface area contributed by atoms with Gasteiger partial charge in [-0.2, -0.15) is 4.31 Å². The van der Waals surface area contributed by atoms with Crippen molar-refractivity contribution in [1.29, 1.82) is 0 Å². The van der Waals surface area contributed by atoms with E-state index in [1.807, 2.05) is 45.2 Å². The van der Waals surface area contributed by atoms with Crippen LogP contribution >= 0.6 is 11.6 Å². The van der Waals surface area contributed by atoms with Crippen molar-refractivity contribution in [2.45, 2.75) is 31.3 Å². The minimum Gasteiger partial charge on any atom is -0.326 e. The molecule has 1 atom stereocenters. The highest BCUT2D eigenvalue weighted by atomic mass is 35.5. The smallest absolute Gasteiger partial charge is 0.279 e. The third-order valence-electron chi connectivity index (χ3n) is 4.40. The number of quaternary nitrogens is 1. The molecule has 0 aliphatic heterocycles. The van der Waals surface area contributed by atoms with Crippen molar-refractivity contribution >= 4 is 33.2 Å². The lowest BCUT2D eigenvalue weighted by molar-refractivity contribution is -0.885. The third kappa shape index (κ3) is 6.04. The number of anilines is 1. The summed E-state index contributed by atoms with van der Waals surface area (Å²) in [5.41, 5.74) is 1.62. The number of rotatable bonds is 8. The Morgan fingerprint density at radius 1 is 1.18 bits per heavy atom. The van der Waals surface area contributed by atoms with Gasteiger partial charge in [0.25, 0.3) is 5.91 Å². The summed E-state index contributed by atoms with van der Waals surface area (Å²) in [6.45, 7) is 4.58. The standard InChI is InChI=1S/C20H26ClN3O3S/c1-15(2)24(4)28(26,27)19-10-8-18(9-11-19)22-20(25)14-23(3)13-16-6-5-7-17(21)12-16/h5-12,15H,13-14H2,1-4H3,(H,22,25)/p+1. The van der Waals surface area contributed by atoms with Gasteiger partial charge in [0.15, 0.2) is 6.54 Å². The maximum Gasteiger partial charge on any atom is 0.279 e. The first-order chi connectivity index (χ1) is 13.1. The molecule has 0 fully saturated rings. The van der Waals surface area contributed by atoms with Gasteiger partial charge in [0.05, 0.1) is 11.9 Å². The van der Waals surface area contributed by atoms with Crippen LogP contribution < -0.4 is 10.2 Å². The van der Waals surface area contributed by atoms with E-state index in [1.54, 1.807) is 19.2 Å². The highest BCUT2D eigenvalue weighted by molar-refractivity contribution is 7.89. The predicted molar refractivity (Wildman–Crippen MR) is 112 cm³/mol. The van der Waals surface area contributed by atoms with Crippen molar-refractivity contribution in [3.63, 3.8) is 0 Å². The first-order valence-electron chi connectivity index (χ1n) is 9.03. The molecular formula is C20H27ClN3O3S+. The van der Waals surface area contributed by atoms with Crippen molar-refractivity contribution in [2.24, 2.45) is 0 Å². The van der Waals surface area contributed by atoms with E-state index >= 15 is 0 Å². The van der Waals surface area contributed by atoms with E-state index < -0.39 is 10.0 Å². The van der Waals surface area contributed by atoms with Gasteiger partial charge in [0.2, 0.25) is 10.0 Å². The minimum absolute atomic E-state index is 0.137. The highest BCUT2D eigenvalue weighted by Gasteiger charge is 2.23. The fourth-order valence-corrected chi connectivity index (χ4v) is 4.27. The molecule has 2 N–H and O–H groups in total. The molecule has 8 heteroatoms. The summed E-state index contributed by atoms with van der Waals surface area (Å²) in [5, 5.41) is 3.48. The molecule has 0 saturated heterocycles. The summed E-state index contributed by atoms with van der Waals surface area (Å²) in [6, 6.07) is 13.6. The van der Waals surface area contributed by atoms with Gasteiger partial charge in [-0.3, -0.25) is 4.79 Å². The molecule has 2 aromatic carbocycles. The Morgan fingerprint density at radius 2 is 1.82 bits per heavy atom. The van der Waals surface area contributed by atoms with Gasteiger partial charge in [0, 0.05) is 29.4 Å². The number of hydrogen-bond acceptors (Lipinski definition) is 3. The Kier molecular flexibility index (Phi) is 7.60. The number of sulfonamides is 1. The molecule has 1 unspecified atom stereocenters. The van der Waals surface area contributed by atoms with Crippen LogP contribution in [0.15, 0.2) is 53.4 Å². The van der Waals surface area contributed by atoms with Gasteiger partial charge < -0.3 is 10.2 Å². The van der Waals surface area contributed by atoms with Crippen molar-refractivity contribution in [3.8, 4) is 0 Å². The zero-order valence-corrected chi connectivity index (χ0v) is 18.1. The maximum atomic E-state index is 12.5. The van der Waals surface area contributed by atoms with E-state index in [2.05, 4.69) is 5.32 Å². The van der Waals surface area contributed by atoms with E-state index in [0.717, 1.165) is 10.5 Å². The van der Waals surface area contributed by atoms with Crippen LogP contribution in [0.1, 0.15) is 19.4 Å². The van der Waals surface area contributed by atoms with Crippen LogP contribution in [-0.2, 0) is 21.4 Å². The van der Waals surface area contributed by atoms with Gasteiger partial charge >= 0.3 is 0 Å². The molecule has 0 radical (unpaired) electrons. The van der Waals surface area contributed by atoms with Crippen LogP contribution in [0.4, 0.5) is 5.69 Å². The number of likely N-dealkylation sites (N-methyl/N-ethyl adjacent to an activating group) is 1. The summed E-state index contributed by atoms with van der Waals surface area (Å²) in [7, 11) is -0.0566. The Hall–Kier alpha value is -1.93. The monoisotopic (exact) mass is 424 g/mol. The number of carbonyl (C=O) groups is 1. The number of nitrogens with zero attached hydrogens (tertiary/aromatic N) is 1. The molecule has 2 rings (SSSR count). The zero-order valence-electron chi connectivity index (χ0n) is 16.6. The number of nitrogens with one attached hydrogen (secondary N) is 2. The molecule has 0 bridgehead atoms. The number of halogens is 1. The van der Waals surface area contributed by atoms with E-state index in [4.69, 9.17) is 11.6 Å². The molecule has 1 amide bonds. The Bertz CT molecular complexity index is 915. The van der Waals surface area contributed by atoms with Crippen LogP contribution in [0.25, 0.3) is 0 Å². The summed E-state index contributed by atoms with van der Waals surface area (Å²) in [6.07, 6.45) is 0. The normalized spacial score (nSPS) is 13.0. The van der Waals surface area contributed by atoms with Crippen LogP contribution in [0.2, 0.25) is 5.02 Å². The van der Waals surface area contributed by atoms with E-state index in [1.165, 1.54) is 16.4 Å². The quantitative estimate of drug-likeness (QED) is 0.681. The molecule has 6 nitrogen and oxygen atoms in total. The van der Waals surface area contributed by atoms with Gasteiger partial charge in [-0.25, -0.2) is 8.42 Å². The summed E-state index contributed by atoms with van der Waals surface area (Å²) < 4.78 is 26.3. The molecule has 0 aliphatic carbocycles. The van der Waals surface area contributed by atoms with Gasteiger partial charge in [-0.05, 0) is 50.2 Å². The second-order valence-corrected chi connectivity index (χ2v) is 9.56. The second kappa shape index (κ2) is 9.52. The van der Waals surface area contributed by atoms with Crippen molar-refractivity contribution in [3.05, 3.63) is 59.1 Å². The van der Waals surface area contributed by atoms with Crippen LogP contribution in [0.3, 0.4) is 0 Å². The summed E-state index contributed by atoms with van der Waals surface area (Å²) >= 11 is 5.99. The number of benzene rings is 2. The minimum atomic E-state index is -3.53. The van der Waals surface area contributed by atoms with Crippen molar-refractivity contribution in [2.75, 3.05) is 26.0 Å².